The van der Waals surface area contributed by atoms with Gasteiger partial charge in [0.25, 0.3) is 5.91 Å². The van der Waals surface area contributed by atoms with Crippen molar-refractivity contribution in [2.45, 2.75) is 32.1 Å². The summed E-state index contributed by atoms with van der Waals surface area (Å²) < 4.78 is 11.1. The molecule has 1 saturated heterocycles. The number of hydrogen-bond acceptors (Lipinski definition) is 6. The van der Waals surface area contributed by atoms with E-state index in [1.54, 1.807) is 23.1 Å². The number of primary amides is 1. The number of nitrogens with zero attached hydrogens (tertiary/aromatic N) is 1. The van der Waals surface area contributed by atoms with Crippen molar-refractivity contribution in [3.63, 3.8) is 0 Å². The van der Waals surface area contributed by atoms with Crippen molar-refractivity contribution < 1.29 is 23.9 Å². The summed E-state index contributed by atoms with van der Waals surface area (Å²) in [6.07, 6.45) is 3.90. The summed E-state index contributed by atoms with van der Waals surface area (Å²) in [5, 5.41) is 3.40. The Kier molecular flexibility index (Phi) is 5.05. The molecule has 1 atom stereocenters. The van der Waals surface area contributed by atoms with E-state index in [0.29, 0.717) is 41.0 Å². The zero-order chi connectivity index (χ0) is 21.5. The minimum Gasteiger partial charge on any atom is -0.486 e. The molecule has 3 heterocycles. The molecule has 0 spiro atoms. The van der Waals surface area contributed by atoms with E-state index >= 15 is 0 Å². The molecule has 1 fully saturated rings. The van der Waals surface area contributed by atoms with Gasteiger partial charge in [-0.2, -0.15) is 0 Å². The first kappa shape index (κ1) is 19.9. The summed E-state index contributed by atoms with van der Waals surface area (Å²) in [4.78, 5) is 40.4. The number of anilines is 2. The standard InChI is InChI=1S/C22H23N3O5S/c23-20(27)19-14-3-1-2-4-17(14)31-22(19)24-21(28)12-9-18(26)25(11-12)13-5-6-15-16(10-13)30-8-7-29-15/h5-6,10,12H,1-4,7-9,11H2,(H2,23,27)(H,24,28)/t12-/m1/s1. The van der Waals surface area contributed by atoms with E-state index in [0.717, 1.165) is 36.1 Å². The number of hydrogen-bond donors (Lipinski definition) is 2. The first-order chi connectivity index (χ1) is 15.0. The average molecular weight is 442 g/mol. The van der Waals surface area contributed by atoms with Crippen LogP contribution in [-0.2, 0) is 22.4 Å². The molecule has 5 rings (SSSR count). The first-order valence-corrected chi connectivity index (χ1v) is 11.3. The summed E-state index contributed by atoms with van der Waals surface area (Å²) in [5.74, 6) is -0.182. The molecule has 3 aliphatic rings. The fourth-order valence-corrected chi connectivity index (χ4v) is 5.76. The molecule has 8 nitrogen and oxygen atoms in total. The molecule has 0 unspecified atom stereocenters. The van der Waals surface area contributed by atoms with Crippen molar-refractivity contribution in [2.75, 3.05) is 30.0 Å². The third-order valence-corrected chi connectivity index (χ3v) is 7.19. The molecule has 1 aromatic carbocycles. The Morgan fingerprint density at radius 2 is 1.90 bits per heavy atom. The van der Waals surface area contributed by atoms with Gasteiger partial charge in [-0.3, -0.25) is 14.4 Å². The van der Waals surface area contributed by atoms with Crippen LogP contribution < -0.4 is 25.4 Å². The molecule has 31 heavy (non-hydrogen) atoms. The lowest BCUT2D eigenvalue weighted by Crippen LogP contribution is -2.28. The quantitative estimate of drug-likeness (QED) is 0.757. The highest BCUT2D eigenvalue weighted by molar-refractivity contribution is 7.17. The van der Waals surface area contributed by atoms with Crippen LogP contribution in [0.4, 0.5) is 10.7 Å². The van der Waals surface area contributed by atoms with E-state index in [1.807, 2.05) is 0 Å². The molecule has 0 bridgehead atoms. The number of benzene rings is 1. The predicted molar refractivity (Wildman–Crippen MR) is 116 cm³/mol. The molecule has 2 aromatic rings. The Balaban J connectivity index is 1.33. The van der Waals surface area contributed by atoms with Gasteiger partial charge >= 0.3 is 0 Å². The predicted octanol–water partition coefficient (Wildman–Crippen LogP) is 2.49. The van der Waals surface area contributed by atoms with Crippen molar-refractivity contribution in [3.05, 3.63) is 34.2 Å². The van der Waals surface area contributed by atoms with Crippen molar-refractivity contribution in [1.29, 1.82) is 0 Å². The topological polar surface area (TPSA) is 111 Å². The number of carbonyl (C=O) groups is 3. The van der Waals surface area contributed by atoms with Gasteiger partial charge in [-0.05, 0) is 43.4 Å². The monoisotopic (exact) mass is 441 g/mol. The van der Waals surface area contributed by atoms with Gasteiger partial charge in [0.2, 0.25) is 11.8 Å². The highest BCUT2D eigenvalue weighted by Crippen LogP contribution is 2.39. The lowest BCUT2D eigenvalue weighted by molar-refractivity contribution is -0.122. The second-order valence-corrected chi connectivity index (χ2v) is 9.11. The maximum absolute atomic E-state index is 13.0. The van der Waals surface area contributed by atoms with Crippen LogP contribution >= 0.6 is 11.3 Å². The molecule has 1 aromatic heterocycles. The summed E-state index contributed by atoms with van der Waals surface area (Å²) in [5.41, 5.74) is 7.70. The van der Waals surface area contributed by atoms with E-state index < -0.39 is 11.8 Å². The van der Waals surface area contributed by atoms with Gasteiger partial charge < -0.3 is 25.4 Å². The molecular formula is C22H23N3O5S. The van der Waals surface area contributed by atoms with Gasteiger partial charge in [0.1, 0.15) is 18.2 Å². The van der Waals surface area contributed by atoms with E-state index in [-0.39, 0.29) is 24.8 Å². The molecule has 2 aliphatic heterocycles. The maximum atomic E-state index is 13.0. The van der Waals surface area contributed by atoms with E-state index in [2.05, 4.69) is 5.32 Å². The second-order valence-electron chi connectivity index (χ2n) is 8.00. The van der Waals surface area contributed by atoms with Crippen LogP contribution in [0.1, 0.15) is 40.1 Å². The lowest BCUT2D eigenvalue weighted by atomic mass is 9.95. The summed E-state index contributed by atoms with van der Waals surface area (Å²) in [7, 11) is 0. The van der Waals surface area contributed by atoms with E-state index in [1.165, 1.54) is 11.3 Å². The lowest BCUT2D eigenvalue weighted by Gasteiger charge is -2.22. The van der Waals surface area contributed by atoms with Crippen LogP contribution in [0.2, 0.25) is 0 Å². The van der Waals surface area contributed by atoms with Gasteiger partial charge in [0.05, 0.1) is 11.5 Å². The molecule has 162 valence electrons. The fraction of sp³-hybridized carbons (Fsp3) is 0.409. The summed E-state index contributed by atoms with van der Waals surface area (Å²) >= 11 is 1.43. The van der Waals surface area contributed by atoms with Crippen LogP contribution in [-0.4, -0.2) is 37.5 Å². The van der Waals surface area contributed by atoms with Crippen LogP contribution in [0.25, 0.3) is 0 Å². The Labute approximate surface area is 183 Å². The average Bonchev–Trinajstić information content (AvgIpc) is 3.33. The molecule has 9 heteroatoms. The highest BCUT2D eigenvalue weighted by Gasteiger charge is 2.36. The number of nitrogens with two attached hydrogens (primary N) is 1. The number of nitrogens with one attached hydrogen (secondary N) is 1. The number of fused-ring (bicyclic) bond motifs is 2. The number of ether oxygens (including phenoxy) is 2. The number of thiophene rings is 1. The van der Waals surface area contributed by atoms with Crippen LogP contribution in [0.15, 0.2) is 18.2 Å². The fourth-order valence-electron chi connectivity index (χ4n) is 4.46. The third kappa shape index (κ3) is 3.63. The molecule has 3 N–H and O–H groups in total. The van der Waals surface area contributed by atoms with Crippen LogP contribution in [0.3, 0.4) is 0 Å². The van der Waals surface area contributed by atoms with Gasteiger partial charge in [0.15, 0.2) is 11.5 Å². The van der Waals surface area contributed by atoms with Crippen LogP contribution in [0, 0.1) is 5.92 Å². The Morgan fingerprint density at radius 1 is 1.13 bits per heavy atom. The number of carbonyl (C=O) groups excluding carboxylic acids is 3. The normalized spacial score (nSPS) is 19.8. The smallest absolute Gasteiger partial charge is 0.251 e. The summed E-state index contributed by atoms with van der Waals surface area (Å²) in [6, 6.07) is 5.34. The molecule has 0 saturated carbocycles. The largest absolute Gasteiger partial charge is 0.486 e. The number of aryl methyl sites for hydroxylation is 1. The number of amides is 3. The van der Waals surface area contributed by atoms with Gasteiger partial charge in [-0.1, -0.05) is 0 Å². The minimum absolute atomic E-state index is 0.108. The molecular weight excluding hydrogens is 418 g/mol. The van der Waals surface area contributed by atoms with Crippen molar-refractivity contribution in [3.8, 4) is 11.5 Å². The summed E-state index contributed by atoms with van der Waals surface area (Å²) in [6.45, 7) is 1.22. The zero-order valence-electron chi connectivity index (χ0n) is 16.9. The van der Waals surface area contributed by atoms with Crippen LogP contribution in [0.5, 0.6) is 11.5 Å². The van der Waals surface area contributed by atoms with Gasteiger partial charge in [0, 0.05) is 29.6 Å². The first-order valence-electron chi connectivity index (χ1n) is 10.5. The van der Waals surface area contributed by atoms with Crippen molar-refractivity contribution in [1.82, 2.24) is 0 Å². The Hall–Kier alpha value is -3.07. The Bertz CT molecular complexity index is 1080. The van der Waals surface area contributed by atoms with Crippen molar-refractivity contribution in [2.24, 2.45) is 11.7 Å². The zero-order valence-corrected chi connectivity index (χ0v) is 17.8. The van der Waals surface area contributed by atoms with Crippen molar-refractivity contribution >= 4 is 39.7 Å². The maximum Gasteiger partial charge on any atom is 0.251 e. The molecule has 0 radical (unpaired) electrons. The highest BCUT2D eigenvalue weighted by atomic mass is 32.1. The van der Waals surface area contributed by atoms with E-state index in [4.69, 9.17) is 15.2 Å². The SMILES string of the molecule is NC(=O)c1c(NC(=O)[C@@H]2CC(=O)N(c3ccc4c(c3)OCCO4)C2)sc2c1CCCC2. The molecule has 1 aliphatic carbocycles. The minimum atomic E-state index is -0.518. The number of rotatable bonds is 4. The van der Waals surface area contributed by atoms with Gasteiger partial charge in [-0.15, -0.1) is 11.3 Å². The Morgan fingerprint density at radius 3 is 2.71 bits per heavy atom. The van der Waals surface area contributed by atoms with E-state index in [9.17, 15) is 14.4 Å². The second kappa shape index (κ2) is 7.88. The van der Waals surface area contributed by atoms with Gasteiger partial charge in [-0.25, -0.2) is 0 Å². The third-order valence-electron chi connectivity index (χ3n) is 5.99. The molecule has 3 amide bonds.